The topological polar surface area (TPSA) is 29.3 Å². The number of rotatable bonds is 7. The Morgan fingerprint density at radius 1 is 0.941 bits per heavy atom. The van der Waals surface area contributed by atoms with E-state index in [1.165, 1.54) is 6.42 Å². The van der Waals surface area contributed by atoms with Crippen molar-refractivity contribution >= 4 is 0 Å². The van der Waals surface area contributed by atoms with Crippen LogP contribution in [0.15, 0.2) is 0 Å². The van der Waals surface area contributed by atoms with E-state index in [4.69, 9.17) is 5.73 Å². The van der Waals surface area contributed by atoms with Gasteiger partial charge in [-0.2, -0.15) is 0 Å². The van der Waals surface area contributed by atoms with Crippen molar-refractivity contribution in [1.29, 1.82) is 0 Å². The fraction of sp³-hybridized carbons (Fsp3) is 1.00. The Labute approximate surface area is 109 Å². The van der Waals surface area contributed by atoms with E-state index in [9.17, 15) is 0 Å². The van der Waals surface area contributed by atoms with Crippen LogP contribution in [0.25, 0.3) is 0 Å². The van der Waals surface area contributed by atoms with E-state index < -0.39 is 0 Å². The Balaban J connectivity index is 4.59. The van der Waals surface area contributed by atoms with Gasteiger partial charge in [0.05, 0.1) is 0 Å². The zero-order valence-corrected chi connectivity index (χ0v) is 13.1. The van der Waals surface area contributed by atoms with Crippen molar-refractivity contribution in [1.82, 2.24) is 4.90 Å². The highest BCUT2D eigenvalue weighted by atomic mass is 15.2. The fourth-order valence-corrected chi connectivity index (χ4v) is 2.38. The van der Waals surface area contributed by atoms with Crippen molar-refractivity contribution < 1.29 is 0 Å². The molecule has 0 spiro atoms. The summed E-state index contributed by atoms with van der Waals surface area (Å²) >= 11 is 0. The minimum atomic E-state index is 0.357. The largest absolute Gasteiger partial charge is 0.329 e. The maximum atomic E-state index is 5.99. The molecule has 0 fully saturated rings. The molecule has 0 aromatic rings. The van der Waals surface area contributed by atoms with E-state index >= 15 is 0 Å². The first-order valence-corrected chi connectivity index (χ1v) is 7.09. The van der Waals surface area contributed by atoms with Crippen LogP contribution in [0, 0.1) is 17.3 Å². The van der Waals surface area contributed by atoms with Crippen molar-refractivity contribution in [2.24, 2.45) is 23.0 Å². The molecule has 0 bridgehead atoms. The zero-order chi connectivity index (χ0) is 13.6. The second-order valence-corrected chi connectivity index (χ2v) is 7.40. The molecule has 0 aliphatic carbocycles. The van der Waals surface area contributed by atoms with Gasteiger partial charge in [0.2, 0.25) is 0 Å². The first-order chi connectivity index (χ1) is 7.65. The Bertz CT molecular complexity index is 182. The van der Waals surface area contributed by atoms with Gasteiger partial charge in [0.15, 0.2) is 0 Å². The van der Waals surface area contributed by atoms with Gasteiger partial charge in [0, 0.05) is 25.7 Å². The van der Waals surface area contributed by atoms with E-state index in [1.807, 2.05) is 0 Å². The summed E-state index contributed by atoms with van der Waals surface area (Å²) in [5.74, 6) is 1.42. The van der Waals surface area contributed by atoms with E-state index in [1.54, 1.807) is 0 Å². The predicted octanol–water partition coefficient (Wildman–Crippen LogP) is 3.36. The van der Waals surface area contributed by atoms with Gasteiger partial charge >= 0.3 is 0 Å². The third-order valence-corrected chi connectivity index (χ3v) is 2.84. The molecule has 2 heteroatoms. The maximum Gasteiger partial charge on any atom is 0.0223 e. The van der Waals surface area contributed by atoms with Gasteiger partial charge < -0.3 is 5.73 Å². The highest BCUT2D eigenvalue weighted by molar-refractivity contribution is 4.79. The van der Waals surface area contributed by atoms with Gasteiger partial charge in [-0.1, -0.05) is 48.5 Å². The van der Waals surface area contributed by atoms with Crippen LogP contribution in [-0.4, -0.2) is 30.6 Å². The lowest BCUT2D eigenvalue weighted by molar-refractivity contribution is 0.124. The quantitative estimate of drug-likeness (QED) is 0.742. The third kappa shape index (κ3) is 8.62. The van der Waals surface area contributed by atoms with Crippen LogP contribution in [0.2, 0.25) is 0 Å². The van der Waals surface area contributed by atoms with Gasteiger partial charge in [-0.15, -0.1) is 0 Å². The molecule has 0 saturated heterocycles. The molecule has 0 aliphatic rings. The van der Waals surface area contributed by atoms with Crippen LogP contribution in [0.3, 0.4) is 0 Å². The molecule has 0 amide bonds. The maximum absolute atomic E-state index is 5.99. The lowest BCUT2D eigenvalue weighted by atomic mass is 9.87. The second-order valence-electron chi connectivity index (χ2n) is 7.40. The molecule has 0 heterocycles. The molecule has 0 saturated carbocycles. The molecule has 104 valence electrons. The normalized spacial score (nSPS) is 15.0. The second kappa shape index (κ2) is 7.38. The summed E-state index contributed by atoms with van der Waals surface area (Å²) in [5.41, 5.74) is 6.35. The van der Waals surface area contributed by atoms with Gasteiger partial charge in [0.25, 0.3) is 0 Å². The summed E-state index contributed by atoms with van der Waals surface area (Å²) in [6, 6.07) is 0.528. The number of hydrogen-bond acceptors (Lipinski definition) is 2. The summed E-state index contributed by atoms with van der Waals surface area (Å²) in [4.78, 5) is 2.60. The molecule has 2 nitrogen and oxygen atoms in total. The zero-order valence-electron chi connectivity index (χ0n) is 13.1. The van der Waals surface area contributed by atoms with Crippen molar-refractivity contribution in [3.05, 3.63) is 0 Å². The molecular formula is C15H34N2. The average Bonchev–Trinajstić information content (AvgIpc) is 2.10. The average molecular weight is 242 g/mol. The Kier molecular flexibility index (Phi) is 7.34. The summed E-state index contributed by atoms with van der Waals surface area (Å²) in [6.07, 6.45) is 1.18. The standard InChI is InChI=1S/C15H34N2/c1-12(2)10-17(11-13(3)4)14(9-16)8-15(5,6)7/h12-14H,8-11,16H2,1-7H3. The van der Waals surface area contributed by atoms with Crippen LogP contribution in [-0.2, 0) is 0 Å². The van der Waals surface area contributed by atoms with Crippen LogP contribution in [0.1, 0.15) is 54.9 Å². The van der Waals surface area contributed by atoms with Gasteiger partial charge in [-0.3, -0.25) is 4.90 Å². The monoisotopic (exact) mass is 242 g/mol. The first kappa shape index (κ1) is 16.9. The minimum Gasteiger partial charge on any atom is -0.329 e. The molecule has 1 atom stereocenters. The number of nitrogens with zero attached hydrogens (tertiary/aromatic N) is 1. The molecular weight excluding hydrogens is 208 g/mol. The smallest absolute Gasteiger partial charge is 0.0223 e. The van der Waals surface area contributed by atoms with Crippen molar-refractivity contribution in [3.8, 4) is 0 Å². The van der Waals surface area contributed by atoms with Gasteiger partial charge in [0.1, 0.15) is 0 Å². The number of nitrogens with two attached hydrogens (primary N) is 1. The number of hydrogen-bond donors (Lipinski definition) is 1. The van der Waals surface area contributed by atoms with Crippen LogP contribution in [0.4, 0.5) is 0 Å². The first-order valence-electron chi connectivity index (χ1n) is 7.09. The molecule has 0 aromatic heterocycles. The minimum absolute atomic E-state index is 0.357. The molecule has 1 unspecified atom stereocenters. The third-order valence-electron chi connectivity index (χ3n) is 2.84. The molecule has 0 rings (SSSR count). The molecule has 0 aromatic carbocycles. The van der Waals surface area contributed by atoms with Crippen LogP contribution < -0.4 is 5.73 Å². The molecule has 0 radical (unpaired) electrons. The fourth-order valence-electron chi connectivity index (χ4n) is 2.38. The SMILES string of the molecule is CC(C)CN(CC(C)C)C(CN)CC(C)(C)C. The summed E-state index contributed by atoms with van der Waals surface area (Å²) < 4.78 is 0. The van der Waals surface area contributed by atoms with Gasteiger partial charge in [-0.05, 0) is 23.7 Å². The van der Waals surface area contributed by atoms with Crippen molar-refractivity contribution in [2.45, 2.75) is 60.9 Å². The Morgan fingerprint density at radius 2 is 1.35 bits per heavy atom. The molecule has 17 heavy (non-hydrogen) atoms. The van der Waals surface area contributed by atoms with Crippen LogP contribution >= 0.6 is 0 Å². The van der Waals surface area contributed by atoms with E-state index in [-0.39, 0.29) is 0 Å². The highest BCUT2D eigenvalue weighted by Gasteiger charge is 2.24. The van der Waals surface area contributed by atoms with E-state index in [0.29, 0.717) is 23.3 Å². The Hall–Kier alpha value is -0.0800. The lowest BCUT2D eigenvalue weighted by Crippen LogP contribution is -2.46. The highest BCUT2D eigenvalue weighted by Crippen LogP contribution is 2.24. The van der Waals surface area contributed by atoms with E-state index in [0.717, 1.165) is 19.6 Å². The summed E-state index contributed by atoms with van der Waals surface area (Å²) in [6.45, 7) is 19.2. The molecule has 0 aliphatic heterocycles. The molecule has 2 N–H and O–H groups in total. The predicted molar refractivity (Wildman–Crippen MR) is 78.2 cm³/mol. The Morgan fingerprint density at radius 3 is 1.59 bits per heavy atom. The lowest BCUT2D eigenvalue weighted by Gasteiger charge is -2.37. The summed E-state index contributed by atoms with van der Waals surface area (Å²) in [5, 5.41) is 0. The van der Waals surface area contributed by atoms with Crippen molar-refractivity contribution in [3.63, 3.8) is 0 Å². The van der Waals surface area contributed by atoms with E-state index in [2.05, 4.69) is 53.4 Å². The van der Waals surface area contributed by atoms with Crippen molar-refractivity contribution in [2.75, 3.05) is 19.6 Å². The summed E-state index contributed by atoms with van der Waals surface area (Å²) in [7, 11) is 0. The van der Waals surface area contributed by atoms with Crippen LogP contribution in [0.5, 0.6) is 0 Å². The van der Waals surface area contributed by atoms with Gasteiger partial charge in [-0.25, -0.2) is 0 Å².